The van der Waals surface area contributed by atoms with Crippen LogP contribution in [0.4, 0.5) is 0 Å². The number of aliphatic hydroxyl groups excluding tert-OH is 1. The summed E-state index contributed by atoms with van der Waals surface area (Å²) in [5.41, 5.74) is -0.239. The summed E-state index contributed by atoms with van der Waals surface area (Å²) >= 11 is 3.73. The van der Waals surface area contributed by atoms with Crippen molar-refractivity contribution in [2.24, 2.45) is 11.8 Å². The van der Waals surface area contributed by atoms with Crippen LogP contribution < -0.4 is 0 Å². The maximum absolute atomic E-state index is 14.6. The van der Waals surface area contributed by atoms with Crippen molar-refractivity contribution in [3.8, 4) is 0 Å². The average molecular weight is 617 g/mol. The van der Waals surface area contributed by atoms with Gasteiger partial charge in [-0.2, -0.15) is 0 Å². The second kappa shape index (κ2) is 12.6. The van der Waals surface area contributed by atoms with Crippen LogP contribution in [0.5, 0.6) is 0 Å². The summed E-state index contributed by atoms with van der Waals surface area (Å²) in [5.74, 6) is -2.30. The Bertz CT molecular complexity index is 1120. The summed E-state index contributed by atoms with van der Waals surface area (Å²) < 4.78 is 6.67. The molecular formula is C31H42BrN3O5. The highest BCUT2D eigenvalue weighted by Crippen LogP contribution is 2.61. The Morgan fingerprint density at radius 2 is 1.90 bits per heavy atom. The zero-order valence-electron chi connectivity index (χ0n) is 23.7. The smallest absolute Gasteiger partial charge is 0.248 e. The molecule has 40 heavy (non-hydrogen) atoms. The summed E-state index contributed by atoms with van der Waals surface area (Å²) in [6.45, 7) is 12.0. The van der Waals surface area contributed by atoms with Crippen molar-refractivity contribution in [1.82, 2.24) is 14.7 Å². The lowest BCUT2D eigenvalue weighted by Gasteiger charge is -2.41. The number of benzene rings is 1. The Hall–Kier alpha value is -2.49. The Labute approximate surface area is 246 Å². The minimum absolute atomic E-state index is 0.0841. The van der Waals surface area contributed by atoms with Crippen molar-refractivity contribution in [2.75, 3.05) is 26.7 Å². The van der Waals surface area contributed by atoms with E-state index in [1.54, 1.807) is 33.9 Å². The second-order valence-electron chi connectivity index (χ2n) is 11.4. The molecule has 1 N–H and O–H groups in total. The third-order valence-electron chi connectivity index (χ3n) is 8.79. The Morgan fingerprint density at radius 1 is 1.23 bits per heavy atom. The molecule has 8 atom stereocenters. The normalized spacial score (nSPS) is 30.1. The molecule has 3 heterocycles. The van der Waals surface area contributed by atoms with Crippen LogP contribution in [0, 0.1) is 11.8 Å². The molecule has 1 aromatic carbocycles. The first-order chi connectivity index (χ1) is 19.2. The van der Waals surface area contributed by atoms with Gasteiger partial charge < -0.3 is 24.5 Å². The first-order valence-corrected chi connectivity index (χ1v) is 15.1. The van der Waals surface area contributed by atoms with Crippen molar-refractivity contribution in [3.05, 3.63) is 61.2 Å². The monoisotopic (exact) mass is 615 g/mol. The predicted octanol–water partition coefficient (Wildman–Crippen LogP) is 3.19. The fraction of sp³-hybridized carbons (Fsp3) is 0.581. The number of carbonyl (C=O) groups is 3. The first kappa shape index (κ1) is 30.5. The molecule has 4 unspecified atom stereocenters. The van der Waals surface area contributed by atoms with Crippen LogP contribution in [-0.4, -0.2) is 98.9 Å². The van der Waals surface area contributed by atoms with E-state index in [-0.39, 0.29) is 35.2 Å². The fourth-order valence-electron chi connectivity index (χ4n) is 7.05. The number of amides is 3. The number of likely N-dealkylation sites (tertiary alicyclic amines) is 1. The minimum atomic E-state index is -1.18. The lowest BCUT2D eigenvalue weighted by molar-refractivity contribution is -0.152. The highest BCUT2D eigenvalue weighted by molar-refractivity contribution is 9.09. The van der Waals surface area contributed by atoms with E-state index in [4.69, 9.17) is 4.74 Å². The van der Waals surface area contributed by atoms with Gasteiger partial charge in [-0.15, -0.1) is 13.2 Å². The van der Waals surface area contributed by atoms with Gasteiger partial charge in [0, 0.05) is 31.0 Å². The summed E-state index contributed by atoms with van der Waals surface area (Å²) in [6, 6.07) is 7.90. The molecule has 0 aliphatic carbocycles. The van der Waals surface area contributed by atoms with Gasteiger partial charge in [0.25, 0.3) is 0 Å². The Balaban J connectivity index is 1.83. The van der Waals surface area contributed by atoms with E-state index in [2.05, 4.69) is 36.0 Å². The van der Waals surface area contributed by atoms with E-state index in [0.717, 1.165) is 18.4 Å². The van der Waals surface area contributed by atoms with Gasteiger partial charge in [-0.3, -0.25) is 14.4 Å². The van der Waals surface area contributed by atoms with Crippen molar-refractivity contribution in [3.63, 3.8) is 0 Å². The number of likely N-dealkylation sites (N-methyl/N-ethyl adjacent to an activating group) is 1. The van der Waals surface area contributed by atoms with E-state index in [1.165, 1.54) is 0 Å². The van der Waals surface area contributed by atoms with Gasteiger partial charge in [-0.25, -0.2) is 0 Å². The number of hydrogen-bond acceptors (Lipinski definition) is 5. The predicted molar refractivity (Wildman–Crippen MR) is 158 cm³/mol. The number of hydrogen-bond donors (Lipinski definition) is 1. The molecule has 2 bridgehead atoms. The van der Waals surface area contributed by atoms with Gasteiger partial charge in [0.05, 0.1) is 30.6 Å². The van der Waals surface area contributed by atoms with E-state index in [1.807, 2.05) is 37.3 Å². The van der Waals surface area contributed by atoms with Crippen LogP contribution in [0.3, 0.4) is 0 Å². The number of carbonyl (C=O) groups excluding carboxylic acids is 3. The van der Waals surface area contributed by atoms with Crippen LogP contribution >= 0.6 is 15.9 Å². The van der Waals surface area contributed by atoms with E-state index in [9.17, 15) is 19.5 Å². The molecule has 4 rings (SSSR count). The SMILES string of the molecule is C=CCN(C)C(=O)[C@H]1[C@H]2C(=O)N([C@@H](CO)Cc3ccccc3)C(C(=O)N(CC=C)C(C)CCC)C23CC(Br)[C@@H]1O3. The molecule has 3 fully saturated rings. The molecule has 0 radical (unpaired) electrons. The molecule has 9 heteroatoms. The fourth-order valence-corrected chi connectivity index (χ4v) is 8.00. The number of rotatable bonds is 13. The molecule has 1 spiro atoms. The Kier molecular flexibility index (Phi) is 9.58. The summed E-state index contributed by atoms with van der Waals surface area (Å²) in [4.78, 5) is 47.6. The molecule has 218 valence electrons. The molecule has 3 aliphatic heterocycles. The second-order valence-corrected chi connectivity index (χ2v) is 12.5. The van der Waals surface area contributed by atoms with E-state index in [0.29, 0.717) is 25.9 Å². The van der Waals surface area contributed by atoms with Crippen LogP contribution in [0.2, 0.25) is 0 Å². The summed E-state index contributed by atoms with van der Waals surface area (Å²) in [7, 11) is 1.69. The molecule has 8 nitrogen and oxygen atoms in total. The van der Waals surface area contributed by atoms with Gasteiger partial charge in [0.15, 0.2) is 0 Å². The number of aliphatic hydroxyl groups is 1. The molecule has 1 aromatic rings. The van der Waals surface area contributed by atoms with E-state index >= 15 is 0 Å². The first-order valence-electron chi connectivity index (χ1n) is 14.2. The van der Waals surface area contributed by atoms with Crippen molar-refractivity contribution in [1.29, 1.82) is 0 Å². The van der Waals surface area contributed by atoms with Crippen molar-refractivity contribution < 1.29 is 24.2 Å². The quantitative estimate of drug-likeness (QED) is 0.272. The average Bonchev–Trinajstić information content (AvgIpc) is 3.53. The molecular weight excluding hydrogens is 574 g/mol. The lowest BCUT2D eigenvalue weighted by atomic mass is 9.70. The van der Waals surface area contributed by atoms with Gasteiger partial charge >= 0.3 is 0 Å². The number of halogens is 1. The molecule has 0 aromatic heterocycles. The molecule has 3 saturated heterocycles. The van der Waals surface area contributed by atoms with Crippen LogP contribution in [0.1, 0.15) is 38.7 Å². The third kappa shape index (κ3) is 5.16. The number of ether oxygens (including phenoxy) is 1. The zero-order chi connectivity index (χ0) is 29.2. The van der Waals surface area contributed by atoms with Crippen molar-refractivity contribution >= 4 is 33.7 Å². The van der Waals surface area contributed by atoms with Gasteiger partial charge in [-0.1, -0.05) is 71.8 Å². The van der Waals surface area contributed by atoms with Crippen LogP contribution in [0.15, 0.2) is 55.6 Å². The van der Waals surface area contributed by atoms with Crippen molar-refractivity contribution in [2.45, 2.75) is 74.2 Å². The highest BCUT2D eigenvalue weighted by atomic mass is 79.9. The number of nitrogens with zero attached hydrogens (tertiary/aromatic N) is 3. The van der Waals surface area contributed by atoms with Crippen LogP contribution in [0.25, 0.3) is 0 Å². The molecule has 3 amide bonds. The van der Waals surface area contributed by atoms with Gasteiger partial charge in [-0.05, 0) is 31.7 Å². The largest absolute Gasteiger partial charge is 0.394 e. The number of alkyl halides is 1. The minimum Gasteiger partial charge on any atom is -0.394 e. The van der Waals surface area contributed by atoms with Gasteiger partial charge in [0.2, 0.25) is 17.7 Å². The third-order valence-corrected chi connectivity index (χ3v) is 9.64. The van der Waals surface area contributed by atoms with E-state index < -0.39 is 35.6 Å². The maximum atomic E-state index is 14.6. The van der Waals surface area contributed by atoms with Gasteiger partial charge in [0.1, 0.15) is 11.6 Å². The maximum Gasteiger partial charge on any atom is 0.248 e. The number of fused-ring (bicyclic) bond motifs is 1. The zero-order valence-corrected chi connectivity index (χ0v) is 25.3. The molecule has 0 saturated carbocycles. The Morgan fingerprint density at radius 3 is 2.50 bits per heavy atom. The van der Waals surface area contributed by atoms with Crippen LogP contribution in [-0.2, 0) is 25.5 Å². The highest BCUT2D eigenvalue weighted by Gasteiger charge is 2.77. The summed E-state index contributed by atoms with van der Waals surface area (Å²) in [5, 5.41) is 10.6. The summed E-state index contributed by atoms with van der Waals surface area (Å²) in [6.07, 6.45) is 5.29. The topological polar surface area (TPSA) is 90.4 Å². The molecule has 3 aliphatic rings. The standard InChI is InChI=1S/C31H42BrN3O5/c1-6-12-20(4)34(16-8-3)30(39)27-31-18-23(32)26(40-31)24(28(37)33(5)15-7-2)25(31)29(38)35(27)22(19-36)17-21-13-10-9-11-14-21/h7-11,13-14,20,22-27,36H,2-3,6,12,15-19H2,1,4-5H3/t20?,22-,23?,24+,25+,26+,27?,31?/m1/s1. The lowest BCUT2D eigenvalue weighted by Crippen LogP contribution is -2.60.